The van der Waals surface area contributed by atoms with Gasteiger partial charge in [-0.3, -0.25) is 9.59 Å². The summed E-state index contributed by atoms with van der Waals surface area (Å²) in [6, 6.07) is 9.11. The largest absolute Gasteiger partial charge is 0.495 e. The third kappa shape index (κ3) is 3.70. The number of carbonyl (C=O) groups is 2. The molecule has 1 unspecified atom stereocenters. The average molecular weight is 423 g/mol. The van der Waals surface area contributed by atoms with E-state index in [9.17, 15) is 18.0 Å². The summed E-state index contributed by atoms with van der Waals surface area (Å²) in [4.78, 5) is 24.7. The van der Waals surface area contributed by atoms with Gasteiger partial charge in [0.15, 0.2) is 0 Å². The third-order valence-electron chi connectivity index (χ3n) is 4.45. The number of anilines is 2. The van der Waals surface area contributed by atoms with Crippen molar-refractivity contribution in [2.45, 2.75) is 13.8 Å². The van der Waals surface area contributed by atoms with E-state index in [2.05, 4.69) is 5.32 Å². The van der Waals surface area contributed by atoms with Gasteiger partial charge in [0.2, 0.25) is 15.9 Å². The summed E-state index contributed by atoms with van der Waals surface area (Å²) in [7, 11) is -2.21. The summed E-state index contributed by atoms with van der Waals surface area (Å²) in [5.74, 6) is -1.27. The molecular formula is C19H19ClN2O5S. The minimum absolute atomic E-state index is 0.214. The van der Waals surface area contributed by atoms with Crippen molar-refractivity contribution in [3.8, 4) is 5.75 Å². The molecule has 0 bridgehead atoms. The zero-order chi connectivity index (χ0) is 20.6. The van der Waals surface area contributed by atoms with Gasteiger partial charge in [-0.1, -0.05) is 18.5 Å². The van der Waals surface area contributed by atoms with Gasteiger partial charge in [-0.25, -0.2) is 12.7 Å². The number of rotatable bonds is 4. The molecule has 0 radical (unpaired) electrons. The second-order valence-electron chi connectivity index (χ2n) is 6.58. The first-order valence-electron chi connectivity index (χ1n) is 8.46. The maximum atomic E-state index is 12.6. The normalized spacial score (nSPS) is 18.2. The standard InChI is InChI=1S/C19H19ClN2O5S/c1-11-8-16(17(27-3)9-15(11)20)21-18(23)13-4-6-14(7-5-13)22-19(24)12(2)10-28(22,25)26/h4-9,12H,10H2,1-3H3,(H,21,23). The summed E-state index contributed by atoms with van der Waals surface area (Å²) in [5, 5.41) is 3.26. The fourth-order valence-corrected chi connectivity index (χ4v) is 4.93. The molecule has 0 spiro atoms. The molecule has 3 rings (SSSR count). The van der Waals surface area contributed by atoms with E-state index in [0.717, 1.165) is 9.87 Å². The molecule has 1 fully saturated rings. The van der Waals surface area contributed by atoms with Crippen molar-refractivity contribution < 1.29 is 22.7 Å². The topological polar surface area (TPSA) is 92.8 Å². The van der Waals surface area contributed by atoms with E-state index in [1.165, 1.54) is 31.4 Å². The molecule has 0 aliphatic carbocycles. The van der Waals surface area contributed by atoms with Crippen LogP contribution in [0, 0.1) is 12.8 Å². The van der Waals surface area contributed by atoms with Crippen LogP contribution in [0.15, 0.2) is 36.4 Å². The molecule has 2 aromatic carbocycles. The Balaban J connectivity index is 1.84. The van der Waals surface area contributed by atoms with Gasteiger partial charge in [-0.05, 0) is 42.8 Å². The number of halogens is 1. The van der Waals surface area contributed by atoms with E-state index in [1.54, 1.807) is 26.0 Å². The summed E-state index contributed by atoms with van der Waals surface area (Å²) < 4.78 is 30.4. The van der Waals surface area contributed by atoms with Gasteiger partial charge in [0.1, 0.15) is 5.75 Å². The van der Waals surface area contributed by atoms with E-state index in [1.807, 2.05) is 0 Å². The van der Waals surface area contributed by atoms with E-state index < -0.39 is 27.8 Å². The summed E-state index contributed by atoms with van der Waals surface area (Å²) in [5.41, 5.74) is 1.76. The number of sulfonamides is 1. The minimum atomic E-state index is -3.68. The number of ether oxygens (including phenoxy) is 1. The average Bonchev–Trinajstić information content (AvgIpc) is 2.85. The number of benzene rings is 2. The maximum absolute atomic E-state index is 12.6. The lowest BCUT2D eigenvalue weighted by atomic mass is 10.1. The van der Waals surface area contributed by atoms with Gasteiger partial charge in [0, 0.05) is 16.7 Å². The Morgan fingerprint density at radius 1 is 1.25 bits per heavy atom. The van der Waals surface area contributed by atoms with Crippen molar-refractivity contribution >= 4 is 44.8 Å². The predicted octanol–water partition coefficient (Wildman–Crippen LogP) is 3.22. The van der Waals surface area contributed by atoms with Crippen LogP contribution < -0.4 is 14.4 Å². The van der Waals surface area contributed by atoms with E-state index in [4.69, 9.17) is 16.3 Å². The highest BCUT2D eigenvalue weighted by atomic mass is 35.5. The van der Waals surface area contributed by atoms with Gasteiger partial charge >= 0.3 is 0 Å². The minimum Gasteiger partial charge on any atom is -0.495 e. The number of carbonyl (C=O) groups excluding carboxylic acids is 2. The lowest BCUT2D eigenvalue weighted by Gasteiger charge is -2.16. The quantitative estimate of drug-likeness (QED) is 0.816. The van der Waals surface area contributed by atoms with Gasteiger partial charge in [0.25, 0.3) is 5.91 Å². The fourth-order valence-electron chi connectivity index (χ4n) is 2.96. The number of aryl methyl sites for hydroxylation is 1. The van der Waals surface area contributed by atoms with Crippen LogP contribution in [-0.4, -0.2) is 33.1 Å². The Morgan fingerprint density at radius 2 is 1.89 bits per heavy atom. The Bertz CT molecular complexity index is 1050. The Labute approximate surface area is 168 Å². The van der Waals surface area contributed by atoms with Crippen LogP contribution in [0.1, 0.15) is 22.8 Å². The van der Waals surface area contributed by atoms with Crippen molar-refractivity contribution in [1.82, 2.24) is 0 Å². The van der Waals surface area contributed by atoms with Crippen LogP contribution in [0.4, 0.5) is 11.4 Å². The molecule has 7 nitrogen and oxygen atoms in total. The number of hydrogen-bond acceptors (Lipinski definition) is 5. The maximum Gasteiger partial charge on any atom is 0.255 e. The van der Waals surface area contributed by atoms with Gasteiger partial charge < -0.3 is 10.1 Å². The highest BCUT2D eigenvalue weighted by Crippen LogP contribution is 2.32. The van der Waals surface area contributed by atoms with Crippen LogP contribution in [0.25, 0.3) is 0 Å². The molecule has 1 aliphatic heterocycles. The van der Waals surface area contributed by atoms with Gasteiger partial charge in [-0.15, -0.1) is 0 Å². The Hall–Kier alpha value is -2.58. The SMILES string of the molecule is COc1cc(Cl)c(C)cc1NC(=O)c1ccc(N2C(=O)C(C)CS2(=O)=O)cc1. The predicted molar refractivity (Wildman–Crippen MR) is 108 cm³/mol. The van der Waals surface area contributed by atoms with Crippen molar-refractivity contribution in [3.63, 3.8) is 0 Å². The molecule has 148 valence electrons. The number of hydrogen-bond donors (Lipinski definition) is 1. The molecule has 1 heterocycles. The monoisotopic (exact) mass is 422 g/mol. The first-order valence-corrected chi connectivity index (χ1v) is 10.4. The number of nitrogens with zero attached hydrogens (tertiary/aromatic N) is 1. The first-order chi connectivity index (χ1) is 13.1. The molecule has 1 N–H and O–H groups in total. The van der Waals surface area contributed by atoms with Gasteiger partial charge in [0.05, 0.1) is 30.2 Å². The zero-order valence-corrected chi connectivity index (χ0v) is 17.1. The molecule has 1 atom stereocenters. The first kappa shape index (κ1) is 20.2. The molecule has 2 aromatic rings. The molecule has 0 aromatic heterocycles. The zero-order valence-electron chi connectivity index (χ0n) is 15.5. The molecule has 9 heteroatoms. The van der Waals surface area contributed by atoms with Crippen molar-refractivity contribution in [1.29, 1.82) is 0 Å². The van der Waals surface area contributed by atoms with E-state index in [0.29, 0.717) is 22.0 Å². The highest BCUT2D eigenvalue weighted by Gasteiger charge is 2.41. The van der Waals surface area contributed by atoms with Crippen LogP contribution in [-0.2, 0) is 14.8 Å². The third-order valence-corrected chi connectivity index (χ3v) is 6.73. The fraction of sp³-hybridized carbons (Fsp3) is 0.263. The number of nitrogens with one attached hydrogen (secondary N) is 1. The molecule has 28 heavy (non-hydrogen) atoms. The van der Waals surface area contributed by atoms with Crippen LogP contribution >= 0.6 is 11.6 Å². The highest BCUT2D eigenvalue weighted by molar-refractivity contribution is 7.94. The van der Waals surface area contributed by atoms with Gasteiger partial charge in [-0.2, -0.15) is 0 Å². The smallest absolute Gasteiger partial charge is 0.255 e. The van der Waals surface area contributed by atoms with Crippen LogP contribution in [0.3, 0.4) is 0 Å². The number of amides is 2. The van der Waals surface area contributed by atoms with E-state index >= 15 is 0 Å². The van der Waals surface area contributed by atoms with Crippen LogP contribution in [0.2, 0.25) is 5.02 Å². The van der Waals surface area contributed by atoms with Crippen LogP contribution in [0.5, 0.6) is 5.75 Å². The summed E-state index contributed by atoms with van der Waals surface area (Å²) in [6.45, 7) is 3.38. The second-order valence-corrected chi connectivity index (χ2v) is 8.85. The van der Waals surface area contributed by atoms with E-state index in [-0.39, 0.29) is 11.4 Å². The second kappa shape index (κ2) is 7.44. The molecule has 0 saturated carbocycles. The molecule has 2 amide bonds. The molecule has 1 saturated heterocycles. The summed E-state index contributed by atoms with van der Waals surface area (Å²) >= 11 is 6.07. The molecular weight excluding hydrogens is 404 g/mol. The lowest BCUT2D eigenvalue weighted by Crippen LogP contribution is -2.30. The van der Waals surface area contributed by atoms with Crippen molar-refractivity contribution in [2.75, 3.05) is 22.5 Å². The lowest BCUT2D eigenvalue weighted by molar-refractivity contribution is -0.119. The summed E-state index contributed by atoms with van der Waals surface area (Å²) in [6.07, 6.45) is 0. The Kier molecular flexibility index (Phi) is 5.36. The van der Waals surface area contributed by atoms with Crippen molar-refractivity contribution in [2.24, 2.45) is 5.92 Å². The number of methoxy groups -OCH3 is 1. The Morgan fingerprint density at radius 3 is 2.43 bits per heavy atom. The van der Waals surface area contributed by atoms with Crippen molar-refractivity contribution in [3.05, 3.63) is 52.5 Å². The molecule has 1 aliphatic rings.